The zero-order valence-corrected chi connectivity index (χ0v) is 19.6. The Morgan fingerprint density at radius 2 is 1.97 bits per heavy atom. The number of hydrogen-bond acceptors (Lipinski definition) is 4. The molecule has 1 aromatic rings. The van der Waals surface area contributed by atoms with Crippen molar-refractivity contribution in [3.63, 3.8) is 0 Å². The van der Waals surface area contributed by atoms with Gasteiger partial charge < -0.3 is 19.5 Å². The zero-order valence-electron chi connectivity index (χ0n) is 19.6. The van der Waals surface area contributed by atoms with E-state index in [4.69, 9.17) is 14.2 Å². The van der Waals surface area contributed by atoms with Crippen molar-refractivity contribution in [2.75, 3.05) is 26.9 Å². The van der Waals surface area contributed by atoms with Crippen LogP contribution in [0.5, 0.6) is 11.5 Å². The second-order valence-electron chi connectivity index (χ2n) is 9.48. The molecule has 0 bridgehead atoms. The van der Waals surface area contributed by atoms with Crippen molar-refractivity contribution >= 4 is 0 Å². The zero-order chi connectivity index (χ0) is 21.3. The third kappa shape index (κ3) is 8.18. The summed E-state index contributed by atoms with van der Waals surface area (Å²) in [7, 11) is 1.70. The molecular weight excluding hydrogens is 362 g/mol. The SMILES string of the molecule is CCOc1ccc(CNCC[C@@H](CCC(C)C)[C@@H]2CCOC(C)(C)C2)cc1OC. The topological polar surface area (TPSA) is 39.7 Å². The highest BCUT2D eigenvalue weighted by atomic mass is 16.5. The maximum absolute atomic E-state index is 5.97. The van der Waals surface area contributed by atoms with Gasteiger partial charge in [0, 0.05) is 13.2 Å². The van der Waals surface area contributed by atoms with E-state index in [1.54, 1.807) is 7.11 Å². The molecule has 4 heteroatoms. The van der Waals surface area contributed by atoms with Crippen LogP contribution in [0, 0.1) is 17.8 Å². The Labute approximate surface area is 178 Å². The summed E-state index contributed by atoms with van der Waals surface area (Å²) in [4.78, 5) is 0. The number of benzene rings is 1. The van der Waals surface area contributed by atoms with Crippen LogP contribution in [-0.2, 0) is 11.3 Å². The molecule has 2 atom stereocenters. The Balaban J connectivity index is 1.87. The fourth-order valence-electron chi connectivity index (χ4n) is 4.46. The van der Waals surface area contributed by atoms with E-state index < -0.39 is 0 Å². The van der Waals surface area contributed by atoms with Crippen LogP contribution in [-0.4, -0.2) is 32.5 Å². The van der Waals surface area contributed by atoms with Gasteiger partial charge in [-0.05, 0) is 88.4 Å². The normalized spacial score (nSPS) is 19.9. The van der Waals surface area contributed by atoms with Crippen LogP contribution in [0.3, 0.4) is 0 Å². The second kappa shape index (κ2) is 11.8. The van der Waals surface area contributed by atoms with Gasteiger partial charge in [-0.1, -0.05) is 26.3 Å². The number of methoxy groups -OCH3 is 1. The molecule has 0 unspecified atom stereocenters. The molecular formula is C25H43NO3. The molecule has 2 rings (SSSR count). The molecule has 1 aromatic carbocycles. The fraction of sp³-hybridized carbons (Fsp3) is 0.760. The number of rotatable bonds is 12. The monoisotopic (exact) mass is 405 g/mol. The Kier molecular flexibility index (Phi) is 9.78. The van der Waals surface area contributed by atoms with Gasteiger partial charge in [-0.15, -0.1) is 0 Å². The Morgan fingerprint density at radius 3 is 2.62 bits per heavy atom. The molecule has 166 valence electrons. The summed E-state index contributed by atoms with van der Waals surface area (Å²) in [6.45, 7) is 14.6. The van der Waals surface area contributed by atoms with Crippen molar-refractivity contribution in [3.05, 3.63) is 23.8 Å². The summed E-state index contributed by atoms with van der Waals surface area (Å²) in [6.07, 6.45) is 6.28. The van der Waals surface area contributed by atoms with E-state index in [0.717, 1.165) is 48.9 Å². The highest BCUT2D eigenvalue weighted by Crippen LogP contribution is 2.37. The van der Waals surface area contributed by atoms with Crippen molar-refractivity contribution in [1.29, 1.82) is 0 Å². The summed E-state index contributed by atoms with van der Waals surface area (Å²) in [5.74, 6) is 3.96. The van der Waals surface area contributed by atoms with Crippen LogP contribution in [0.2, 0.25) is 0 Å². The van der Waals surface area contributed by atoms with E-state index in [-0.39, 0.29) is 5.60 Å². The lowest BCUT2D eigenvalue weighted by molar-refractivity contribution is -0.0839. The molecule has 1 heterocycles. The summed E-state index contributed by atoms with van der Waals surface area (Å²) in [6, 6.07) is 6.21. The lowest BCUT2D eigenvalue weighted by atomic mass is 9.75. The maximum atomic E-state index is 5.97. The van der Waals surface area contributed by atoms with E-state index in [1.165, 1.54) is 37.7 Å². The van der Waals surface area contributed by atoms with Crippen LogP contribution >= 0.6 is 0 Å². The first kappa shape index (κ1) is 24.0. The quantitative estimate of drug-likeness (QED) is 0.444. The molecule has 0 spiro atoms. The van der Waals surface area contributed by atoms with Crippen molar-refractivity contribution in [2.24, 2.45) is 17.8 Å². The van der Waals surface area contributed by atoms with Gasteiger partial charge in [-0.3, -0.25) is 0 Å². The van der Waals surface area contributed by atoms with Gasteiger partial charge in [0.2, 0.25) is 0 Å². The summed E-state index contributed by atoms with van der Waals surface area (Å²) in [5.41, 5.74) is 1.27. The van der Waals surface area contributed by atoms with Gasteiger partial charge in [-0.2, -0.15) is 0 Å². The van der Waals surface area contributed by atoms with E-state index in [2.05, 4.69) is 45.1 Å². The number of nitrogens with one attached hydrogen (secondary N) is 1. The van der Waals surface area contributed by atoms with Crippen LogP contribution in [0.1, 0.15) is 72.3 Å². The molecule has 0 aromatic heterocycles. The third-order valence-electron chi connectivity index (χ3n) is 6.07. The van der Waals surface area contributed by atoms with Gasteiger partial charge in [0.15, 0.2) is 11.5 Å². The smallest absolute Gasteiger partial charge is 0.161 e. The van der Waals surface area contributed by atoms with Gasteiger partial charge in [0.1, 0.15) is 0 Å². The van der Waals surface area contributed by atoms with Crippen LogP contribution in [0.25, 0.3) is 0 Å². The molecule has 1 aliphatic heterocycles. The first-order chi connectivity index (χ1) is 13.8. The first-order valence-corrected chi connectivity index (χ1v) is 11.5. The minimum absolute atomic E-state index is 0.0330. The molecule has 0 saturated carbocycles. The minimum atomic E-state index is 0.0330. The van der Waals surface area contributed by atoms with E-state index in [0.29, 0.717) is 6.61 Å². The molecule has 1 saturated heterocycles. The lowest BCUT2D eigenvalue weighted by Crippen LogP contribution is -2.37. The predicted octanol–water partition coefficient (Wildman–Crippen LogP) is 5.83. The van der Waals surface area contributed by atoms with Crippen molar-refractivity contribution in [1.82, 2.24) is 5.32 Å². The molecule has 4 nitrogen and oxygen atoms in total. The van der Waals surface area contributed by atoms with Gasteiger partial charge in [0.05, 0.1) is 19.3 Å². The number of hydrogen-bond donors (Lipinski definition) is 1. The van der Waals surface area contributed by atoms with E-state index >= 15 is 0 Å². The molecule has 0 radical (unpaired) electrons. The van der Waals surface area contributed by atoms with E-state index in [9.17, 15) is 0 Å². The standard InChI is InChI=1S/C25H43NO3/c1-7-28-23-11-9-20(16-24(23)27-6)18-26-14-12-21(10-8-19(2)3)22-13-15-29-25(4,5)17-22/h9,11,16,19,21-22,26H,7-8,10,12-15,17-18H2,1-6H3/t21-,22-/m1/s1. The van der Waals surface area contributed by atoms with E-state index in [1.807, 2.05) is 13.0 Å². The largest absolute Gasteiger partial charge is 0.493 e. The van der Waals surface area contributed by atoms with Crippen LogP contribution in [0.4, 0.5) is 0 Å². The fourth-order valence-corrected chi connectivity index (χ4v) is 4.46. The molecule has 1 N–H and O–H groups in total. The second-order valence-corrected chi connectivity index (χ2v) is 9.48. The average Bonchev–Trinajstić information content (AvgIpc) is 2.67. The molecule has 1 aliphatic rings. The highest BCUT2D eigenvalue weighted by molar-refractivity contribution is 5.42. The average molecular weight is 406 g/mol. The van der Waals surface area contributed by atoms with Gasteiger partial charge in [0.25, 0.3) is 0 Å². The minimum Gasteiger partial charge on any atom is -0.493 e. The summed E-state index contributed by atoms with van der Waals surface area (Å²) >= 11 is 0. The Hall–Kier alpha value is -1.26. The molecule has 29 heavy (non-hydrogen) atoms. The van der Waals surface area contributed by atoms with Crippen molar-refractivity contribution in [3.8, 4) is 11.5 Å². The van der Waals surface area contributed by atoms with Crippen molar-refractivity contribution in [2.45, 2.75) is 78.9 Å². The predicted molar refractivity (Wildman–Crippen MR) is 121 cm³/mol. The van der Waals surface area contributed by atoms with Crippen LogP contribution in [0.15, 0.2) is 18.2 Å². The molecule has 0 amide bonds. The third-order valence-corrected chi connectivity index (χ3v) is 6.07. The van der Waals surface area contributed by atoms with Crippen molar-refractivity contribution < 1.29 is 14.2 Å². The highest BCUT2D eigenvalue weighted by Gasteiger charge is 2.33. The molecule has 1 fully saturated rings. The summed E-state index contributed by atoms with van der Waals surface area (Å²) < 4.78 is 17.1. The first-order valence-electron chi connectivity index (χ1n) is 11.5. The lowest BCUT2D eigenvalue weighted by Gasteiger charge is -2.39. The summed E-state index contributed by atoms with van der Waals surface area (Å²) in [5, 5.41) is 3.65. The van der Waals surface area contributed by atoms with Gasteiger partial charge >= 0.3 is 0 Å². The molecule has 0 aliphatic carbocycles. The Bertz CT molecular complexity index is 600. The number of ether oxygens (including phenoxy) is 3. The van der Waals surface area contributed by atoms with Crippen LogP contribution < -0.4 is 14.8 Å². The van der Waals surface area contributed by atoms with Gasteiger partial charge in [-0.25, -0.2) is 0 Å². The maximum Gasteiger partial charge on any atom is 0.161 e. The Morgan fingerprint density at radius 1 is 1.17 bits per heavy atom.